The minimum absolute atomic E-state index is 0.0639. The fourth-order valence-electron chi connectivity index (χ4n) is 3.12. The van der Waals surface area contributed by atoms with Crippen molar-refractivity contribution in [2.24, 2.45) is 0 Å². The maximum Gasteiger partial charge on any atom is 0.251 e. The highest BCUT2D eigenvalue weighted by Gasteiger charge is 2.28. The van der Waals surface area contributed by atoms with E-state index in [9.17, 15) is 4.79 Å². The third kappa shape index (κ3) is 5.55. The maximum atomic E-state index is 12.5. The highest BCUT2D eigenvalue weighted by molar-refractivity contribution is 5.94. The number of hydrogen-bond acceptors (Lipinski definition) is 4. The van der Waals surface area contributed by atoms with Crippen LogP contribution in [0, 0.1) is 0 Å². The van der Waals surface area contributed by atoms with Gasteiger partial charge in [-0.2, -0.15) is 0 Å². The average Bonchev–Trinajstić information content (AvgIpc) is 2.72. The molecule has 0 atom stereocenters. The van der Waals surface area contributed by atoms with Gasteiger partial charge in [-0.25, -0.2) is 0 Å². The summed E-state index contributed by atoms with van der Waals surface area (Å²) in [4.78, 5) is 14.8. The van der Waals surface area contributed by atoms with Gasteiger partial charge in [0.15, 0.2) is 0 Å². The monoisotopic (exact) mass is 368 g/mol. The Balaban J connectivity index is 1.49. The van der Waals surface area contributed by atoms with Gasteiger partial charge in [-0.1, -0.05) is 30.3 Å². The van der Waals surface area contributed by atoms with Gasteiger partial charge >= 0.3 is 0 Å². The van der Waals surface area contributed by atoms with Crippen molar-refractivity contribution in [1.29, 1.82) is 0 Å². The first-order valence-corrected chi connectivity index (χ1v) is 9.42. The maximum absolute atomic E-state index is 12.5. The van der Waals surface area contributed by atoms with E-state index in [1.54, 1.807) is 12.1 Å². The fraction of sp³-hybridized carbons (Fsp3) is 0.409. The minimum atomic E-state index is -0.0990. The van der Waals surface area contributed by atoms with Crippen LogP contribution in [0.25, 0.3) is 0 Å². The molecular formula is C22H28N2O3. The van der Waals surface area contributed by atoms with Crippen molar-refractivity contribution in [2.45, 2.75) is 26.0 Å². The lowest BCUT2D eigenvalue weighted by Crippen LogP contribution is -2.55. The fourth-order valence-corrected chi connectivity index (χ4v) is 3.12. The van der Waals surface area contributed by atoms with E-state index in [0.29, 0.717) is 18.7 Å². The van der Waals surface area contributed by atoms with E-state index in [1.807, 2.05) is 42.5 Å². The highest BCUT2D eigenvalue weighted by Crippen LogP contribution is 2.17. The van der Waals surface area contributed by atoms with Gasteiger partial charge in [0, 0.05) is 30.7 Å². The van der Waals surface area contributed by atoms with Gasteiger partial charge in [0.2, 0.25) is 0 Å². The zero-order valence-corrected chi connectivity index (χ0v) is 16.1. The Morgan fingerprint density at radius 3 is 2.41 bits per heavy atom. The first-order valence-electron chi connectivity index (χ1n) is 9.42. The molecule has 5 heteroatoms. The summed E-state index contributed by atoms with van der Waals surface area (Å²) in [7, 11) is 0. The molecule has 1 aliphatic heterocycles. The van der Waals surface area contributed by atoms with Crippen LogP contribution in [-0.2, 0) is 11.3 Å². The van der Waals surface area contributed by atoms with Crippen molar-refractivity contribution in [1.82, 2.24) is 10.2 Å². The predicted octanol–water partition coefficient (Wildman–Crippen LogP) is 3.11. The van der Waals surface area contributed by atoms with Gasteiger partial charge in [-0.15, -0.1) is 0 Å². The lowest BCUT2D eigenvalue weighted by atomic mass is 10.0. The Bertz CT molecular complexity index is 723. The Morgan fingerprint density at radius 2 is 1.74 bits per heavy atom. The van der Waals surface area contributed by atoms with Gasteiger partial charge in [0.05, 0.1) is 13.2 Å². The number of carbonyl (C=O) groups excluding carboxylic acids is 1. The molecule has 0 aliphatic carbocycles. The van der Waals surface area contributed by atoms with E-state index in [1.165, 1.54) is 0 Å². The molecule has 1 amide bonds. The molecule has 0 saturated carbocycles. The molecule has 0 bridgehead atoms. The number of ether oxygens (including phenoxy) is 2. The Kier molecular flexibility index (Phi) is 6.48. The van der Waals surface area contributed by atoms with Gasteiger partial charge in [0.1, 0.15) is 12.4 Å². The molecule has 1 N–H and O–H groups in total. The number of nitrogens with zero attached hydrogens (tertiary/aromatic N) is 1. The summed E-state index contributed by atoms with van der Waals surface area (Å²) in [6, 6.07) is 17.3. The topological polar surface area (TPSA) is 50.8 Å². The summed E-state index contributed by atoms with van der Waals surface area (Å²) in [6.07, 6.45) is 0. The third-order valence-electron chi connectivity index (χ3n) is 4.91. The number of carbonyl (C=O) groups is 1. The number of nitrogens with one attached hydrogen (secondary N) is 1. The summed E-state index contributed by atoms with van der Waals surface area (Å²) in [5.41, 5.74) is 1.66. The molecule has 0 unspecified atom stereocenters. The van der Waals surface area contributed by atoms with Gasteiger partial charge in [0.25, 0.3) is 5.91 Å². The average molecular weight is 368 g/mol. The molecule has 5 nitrogen and oxygen atoms in total. The van der Waals surface area contributed by atoms with E-state index >= 15 is 0 Å². The molecular weight excluding hydrogens is 340 g/mol. The molecule has 0 radical (unpaired) electrons. The van der Waals surface area contributed by atoms with Crippen LogP contribution in [0.5, 0.6) is 5.75 Å². The highest BCUT2D eigenvalue weighted by atomic mass is 16.5. The number of morpholine rings is 1. The van der Waals surface area contributed by atoms with Crippen molar-refractivity contribution in [2.75, 3.05) is 32.8 Å². The molecule has 2 aromatic carbocycles. The van der Waals surface area contributed by atoms with E-state index in [2.05, 4.69) is 24.1 Å². The van der Waals surface area contributed by atoms with Crippen LogP contribution in [0.2, 0.25) is 0 Å². The first kappa shape index (κ1) is 19.4. The van der Waals surface area contributed by atoms with Gasteiger partial charge in [-0.3, -0.25) is 9.69 Å². The number of rotatable bonds is 7. The molecule has 3 rings (SSSR count). The van der Waals surface area contributed by atoms with Crippen LogP contribution in [0.4, 0.5) is 0 Å². The quantitative estimate of drug-likeness (QED) is 0.816. The summed E-state index contributed by atoms with van der Waals surface area (Å²) in [5.74, 6) is 0.690. The standard InChI is InChI=1S/C22H28N2O3/c1-22(2,24-12-14-26-15-13-24)17-23-21(25)19-8-10-20(11-9-19)27-16-18-6-4-3-5-7-18/h3-11H,12-17H2,1-2H3,(H,23,25). The lowest BCUT2D eigenvalue weighted by Gasteiger charge is -2.40. The second kappa shape index (κ2) is 9.02. The van der Waals surface area contributed by atoms with Gasteiger partial charge < -0.3 is 14.8 Å². The molecule has 0 spiro atoms. The number of hydrogen-bond donors (Lipinski definition) is 1. The molecule has 1 aliphatic rings. The van der Waals surface area contributed by atoms with Crippen molar-refractivity contribution < 1.29 is 14.3 Å². The zero-order chi connectivity index (χ0) is 19.1. The second-order valence-electron chi connectivity index (χ2n) is 7.39. The summed E-state index contributed by atoms with van der Waals surface area (Å²) in [6.45, 7) is 8.72. The minimum Gasteiger partial charge on any atom is -0.489 e. The zero-order valence-electron chi connectivity index (χ0n) is 16.1. The van der Waals surface area contributed by atoms with E-state index in [-0.39, 0.29) is 11.4 Å². The number of benzene rings is 2. The van der Waals surface area contributed by atoms with Crippen LogP contribution in [-0.4, -0.2) is 49.2 Å². The van der Waals surface area contributed by atoms with Crippen LogP contribution in [0.1, 0.15) is 29.8 Å². The Hall–Kier alpha value is -2.37. The largest absolute Gasteiger partial charge is 0.489 e. The van der Waals surface area contributed by atoms with E-state index in [4.69, 9.17) is 9.47 Å². The Morgan fingerprint density at radius 1 is 1.07 bits per heavy atom. The smallest absolute Gasteiger partial charge is 0.251 e. The van der Waals surface area contributed by atoms with Crippen LogP contribution in [0.15, 0.2) is 54.6 Å². The molecule has 0 aromatic heterocycles. The van der Waals surface area contributed by atoms with Crippen LogP contribution in [0.3, 0.4) is 0 Å². The molecule has 144 valence electrons. The van der Waals surface area contributed by atoms with Crippen LogP contribution < -0.4 is 10.1 Å². The molecule has 1 saturated heterocycles. The second-order valence-corrected chi connectivity index (χ2v) is 7.39. The summed E-state index contributed by atoms with van der Waals surface area (Å²) >= 11 is 0. The lowest BCUT2D eigenvalue weighted by molar-refractivity contribution is -0.00923. The normalized spacial score (nSPS) is 15.3. The van der Waals surface area contributed by atoms with Crippen molar-refractivity contribution in [3.8, 4) is 5.75 Å². The Labute approximate surface area is 161 Å². The predicted molar refractivity (Wildman–Crippen MR) is 106 cm³/mol. The van der Waals surface area contributed by atoms with E-state index in [0.717, 1.165) is 37.6 Å². The van der Waals surface area contributed by atoms with Gasteiger partial charge in [-0.05, 0) is 43.7 Å². The molecule has 27 heavy (non-hydrogen) atoms. The summed E-state index contributed by atoms with van der Waals surface area (Å²) in [5, 5.41) is 3.05. The first-order chi connectivity index (χ1) is 13.0. The van der Waals surface area contributed by atoms with E-state index < -0.39 is 0 Å². The van der Waals surface area contributed by atoms with Crippen LogP contribution >= 0.6 is 0 Å². The third-order valence-corrected chi connectivity index (χ3v) is 4.91. The van der Waals surface area contributed by atoms with Crippen molar-refractivity contribution in [3.05, 3.63) is 65.7 Å². The number of amides is 1. The molecule has 2 aromatic rings. The summed E-state index contributed by atoms with van der Waals surface area (Å²) < 4.78 is 11.2. The SMILES string of the molecule is CC(C)(CNC(=O)c1ccc(OCc2ccccc2)cc1)N1CCOCC1. The molecule has 1 fully saturated rings. The van der Waals surface area contributed by atoms with Crippen molar-refractivity contribution >= 4 is 5.91 Å². The van der Waals surface area contributed by atoms with Crippen molar-refractivity contribution in [3.63, 3.8) is 0 Å². The molecule has 1 heterocycles.